The Hall–Kier alpha value is -0.320. The number of rotatable bonds is 2. The lowest BCUT2D eigenvalue weighted by atomic mass is 10.3. The summed E-state index contributed by atoms with van der Waals surface area (Å²) >= 11 is 2.21. The fourth-order valence-corrected chi connectivity index (χ4v) is 1.72. The number of hydrogen-bond acceptors (Lipinski definition) is 2. The van der Waals surface area contributed by atoms with Crippen molar-refractivity contribution in [3.63, 3.8) is 0 Å². The van der Waals surface area contributed by atoms with Crippen LogP contribution >= 0.6 is 22.6 Å². The fourth-order valence-electron chi connectivity index (χ4n) is 1.01. The minimum atomic E-state index is 0.460. The van der Waals surface area contributed by atoms with Crippen molar-refractivity contribution in [2.75, 3.05) is 0 Å². The fraction of sp³-hybridized carbons (Fsp3) is 0.444. The molecule has 0 spiro atoms. The first-order valence-corrected chi connectivity index (χ1v) is 5.13. The molecule has 0 aliphatic heterocycles. The first-order valence-electron chi connectivity index (χ1n) is 4.05. The Labute approximate surface area is 85.5 Å². The summed E-state index contributed by atoms with van der Waals surface area (Å²) in [5, 5.41) is 0. The summed E-state index contributed by atoms with van der Waals surface area (Å²) in [6.07, 6.45) is 4.67. The minimum absolute atomic E-state index is 0.460. The molecule has 1 aliphatic rings. The first kappa shape index (κ1) is 8.29. The molecule has 0 unspecified atom stereocenters. The Kier molecular flexibility index (Phi) is 2.21. The molecule has 2 nitrogen and oxygen atoms in total. The van der Waals surface area contributed by atoms with E-state index < -0.39 is 0 Å². The van der Waals surface area contributed by atoms with Crippen molar-refractivity contribution in [3.8, 4) is 5.75 Å². The average molecular weight is 275 g/mol. The molecule has 0 saturated heterocycles. The smallest absolute Gasteiger partial charge is 0.154 e. The molecule has 3 heteroatoms. The van der Waals surface area contributed by atoms with E-state index in [1.807, 2.05) is 12.3 Å². The molecule has 0 radical (unpaired) electrons. The van der Waals surface area contributed by atoms with Gasteiger partial charge in [0.2, 0.25) is 0 Å². The van der Waals surface area contributed by atoms with Crippen LogP contribution in [0.5, 0.6) is 5.75 Å². The monoisotopic (exact) mass is 275 g/mol. The molecule has 2 rings (SSSR count). The molecule has 64 valence electrons. The Morgan fingerprint density at radius 1 is 1.58 bits per heavy atom. The molecule has 0 N–H and O–H groups in total. The molecular weight excluding hydrogens is 265 g/mol. The molecule has 1 saturated carbocycles. The van der Waals surface area contributed by atoms with Crippen LogP contribution in [0.3, 0.4) is 0 Å². The Balaban J connectivity index is 2.26. The quantitative estimate of drug-likeness (QED) is 0.611. The Morgan fingerprint density at radius 2 is 2.33 bits per heavy atom. The van der Waals surface area contributed by atoms with Gasteiger partial charge in [0, 0.05) is 6.20 Å². The van der Waals surface area contributed by atoms with Gasteiger partial charge in [-0.05, 0) is 54.0 Å². The molecule has 1 aromatic heterocycles. The van der Waals surface area contributed by atoms with Crippen molar-refractivity contribution < 1.29 is 4.74 Å². The third-order valence-electron chi connectivity index (χ3n) is 1.87. The number of ether oxygens (including phenoxy) is 1. The molecular formula is C9H10INO. The Morgan fingerprint density at radius 3 is 2.92 bits per heavy atom. The largest absolute Gasteiger partial charge is 0.487 e. The van der Waals surface area contributed by atoms with Crippen molar-refractivity contribution >= 4 is 22.6 Å². The molecule has 1 heterocycles. The second kappa shape index (κ2) is 3.20. The van der Waals surface area contributed by atoms with Gasteiger partial charge in [0.05, 0.1) is 6.10 Å². The lowest BCUT2D eigenvalue weighted by molar-refractivity contribution is 0.297. The van der Waals surface area contributed by atoms with Gasteiger partial charge in [-0.1, -0.05) is 0 Å². The maximum atomic E-state index is 5.72. The summed E-state index contributed by atoms with van der Waals surface area (Å²) in [5.41, 5.74) is 1.18. The molecule has 12 heavy (non-hydrogen) atoms. The van der Waals surface area contributed by atoms with E-state index in [4.69, 9.17) is 4.74 Å². The van der Waals surface area contributed by atoms with Gasteiger partial charge in [-0.25, -0.2) is 4.98 Å². The normalized spacial score (nSPS) is 16.2. The van der Waals surface area contributed by atoms with Gasteiger partial charge in [0.1, 0.15) is 3.70 Å². The standard InChI is InChI=1S/C9H10INO/c1-6-4-5-11-9(10)8(6)12-7-2-3-7/h4-5,7H,2-3H2,1H3. The number of nitrogens with zero attached hydrogens (tertiary/aromatic N) is 1. The number of pyridine rings is 1. The average Bonchev–Trinajstić information content (AvgIpc) is 2.80. The van der Waals surface area contributed by atoms with Crippen molar-refractivity contribution in [2.45, 2.75) is 25.9 Å². The zero-order valence-electron chi connectivity index (χ0n) is 6.88. The van der Waals surface area contributed by atoms with Gasteiger partial charge in [0.15, 0.2) is 5.75 Å². The predicted octanol–water partition coefficient (Wildman–Crippen LogP) is 2.54. The molecule has 0 atom stereocenters. The molecule has 1 aliphatic carbocycles. The zero-order valence-corrected chi connectivity index (χ0v) is 9.04. The summed E-state index contributed by atoms with van der Waals surface area (Å²) in [7, 11) is 0. The topological polar surface area (TPSA) is 22.1 Å². The van der Waals surface area contributed by atoms with Gasteiger partial charge < -0.3 is 4.74 Å². The van der Waals surface area contributed by atoms with E-state index in [0.29, 0.717) is 6.10 Å². The van der Waals surface area contributed by atoms with Crippen molar-refractivity contribution in [2.24, 2.45) is 0 Å². The van der Waals surface area contributed by atoms with Crippen LogP contribution in [0.2, 0.25) is 0 Å². The summed E-state index contributed by atoms with van der Waals surface area (Å²) in [6, 6.07) is 1.99. The minimum Gasteiger partial charge on any atom is -0.487 e. The highest BCUT2D eigenvalue weighted by molar-refractivity contribution is 14.1. The highest BCUT2D eigenvalue weighted by atomic mass is 127. The highest BCUT2D eigenvalue weighted by Crippen LogP contribution is 2.31. The van der Waals surface area contributed by atoms with Crippen molar-refractivity contribution in [1.29, 1.82) is 0 Å². The van der Waals surface area contributed by atoms with E-state index >= 15 is 0 Å². The lowest BCUT2D eigenvalue weighted by Gasteiger charge is -2.08. The van der Waals surface area contributed by atoms with Crippen LogP contribution in [0.1, 0.15) is 18.4 Å². The summed E-state index contributed by atoms with van der Waals surface area (Å²) < 4.78 is 6.69. The van der Waals surface area contributed by atoms with Crippen LogP contribution in [0.4, 0.5) is 0 Å². The van der Waals surface area contributed by atoms with E-state index in [1.54, 1.807) is 0 Å². The summed E-state index contributed by atoms with van der Waals surface area (Å²) in [6.45, 7) is 2.06. The van der Waals surface area contributed by atoms with Crippen LogP contribution in [0.25, 0.3) is 0 Å². The van der Waals surface area contributed by atoms with Crippen LogP contribution in [-0.2, 0) is 0 Å². The molecule has 1 aromatic rings. The molecule has 1 fully saturated rings. The summed E-state index contributed by atoms with van der Waals surface area (Å²) in [4.78, 5) is 4.18. The maximum absolute atomic E-state index is 5.72. The predicted molar refractivity (Wildman–Crippen MR) is 55.3 cm³/mol. The van der Waals surface area contributed by atoms with Crippen LogP contribution < -0.4 is 4.74 Å². The van der Waals surface area contributed by atoms with Gasteiger partial charge in [-0.3, -0.25) is 0 Å². The van der Waals surface area contributed by atoms with E-state index in [2.05, 4.69) is 34.5 Å². The van der Waals surface area contributed by atoms with Crippen molar-refractivity contribution in [3.05, 3.63) is 21.5 Å². The number of aryl methyl sites for hydroxylation is 1. The number of hydrogen-bond donors (Lipinski definition) is 0. The molecule has 0 amide bonds. The summed E-state index contributed by atoms with van der Waals surface area (Å²) in [5.74, 6) is 0.973. The van der Waals surface area contributed by atoms with Gasteiger partial charge >= 0.3 is 0 Å². The first-order chi connectivity index (χ1) is 5.77. The van der Waals surface area contributed by atoms with E-state index in [0.717, 1.165) is 9.45 Å². The Bertz CT molecular complexity index is 276. The van der Waals surface area contributed by atoms with Crippen LogP contribution in [0, 0.1) is 10.6 Å². The van der Waals surface area contributed by atoms with Gasteiger partial charge in [-0.2, -0.15) is 0 Å². The third-order valence-corrected chi connectivity index (χ3v) is 2.64. The zero-order chi connectivity index (χ0) is 8.55. The van der Waals surface area contributed by atoms with Crippen LogP contribution in [0.15, 0.2) is 12.3 Å². The lowest BCUT2D eigenvalue weighted by Crippen LogP contribution is -2.00. The second-order valence-electron chi connectivity index (χ2n) is 3.06. The maximum Gasteiger partial charge on any atom is 0.154 e. The third kappa shape index (κ3) is 1.71. The molecule has 0 aromatic carbocycles. The van der Waals surface area contributed by atoms with Gasteiger partial charge in [0.25, 0.3) is 0 Å². The van der Waals surface area contributed by atoms with Crippen LogP contribution in [-0.4, -0.2) is 11.1 Å². The highest BCUT2D eigenvalue weighted by Gasteiger charge is 2.25. The SMILES string of the molecule is Cc1ccnc(I)c1OC1CC1. The molecule has 0 bridgehead atoms. The number of halogens is 1. The van der Waals surface area contributed by atoms with E-state index in [9.17, 15) is 0 Å². The second-order valence-corrected chi connectivity index (χ2v) is 4.09. The van der Waals surface area contributed by atoms with E-state index in [-0.39, 0.29) is 0 Å². The number of aromatic nitrogens is 1. The van der Waals surface area contributed by atoms with Gasteiger partial charge in [-0.15, -0.1) is 0 Å². The van der Waals surface area contributed by atoms with Crippen molar-refractivity contribution in [1.82, 2.24) is 4.98 Å². The van der Waals surface area contributed by atoms with E-state index in [1.165, 1.54) is 18.4 Å².